The molecular weight excluding hydrogens is 130 g/mol. The molecule has 10 heavy (non-hydrogen) atoms. The van der Waals surface area contributed by atoms with Crippen molar-refractivity contribution in [3.63, 3.8) is 0 Å². The Morgan fingerprint density at radius 3 is 2.80 bits per heavy atom. The Bertz CT molecular complexity index is 104. The van der Waals surface area contributed by atoms with Crippen LogP contribution in [0.4, 0.5) is 0 Å². The summed E-state index contributed by atoms with van der Waals surface area (Å²) in [5.41, 5.74) is 0. The van der Waals surface area contributed by atoms with E-state index in [2.05, 4.69) is 10.1 Å². The lowest BCUT2D eigenvalue weighted by molar-refractivity contribution is -0.142. The molecule has 0 saturated heterocycles. The van der Waals surface area contributed by atoms with Gasteiger partial charge in [0.25, 0.3) is 0 Å². The van der Waals surface area contributed by atoms with E-state index < -0.39 is 0 Å². The lowest BCUT2D eigenvalue weighted by atomic mass is 10.3. The molecule has 0 fully saturated rings. The van der Waals surface area contributed by atoms with Crippen LogP contribution in [0.5, 0.6) is 0 Å². The molecule has 0 spiro atoms. The summed E-state index contributed by atoms with van der Waals surface area (Å²) >= 11 is 0. The predicted molar refractivity (Wildman–Crippen MR) is 39.2 cm³/mol. The van der Waals surface area contributed by atoms with Gasteiger partial charge in [0.05, 0.1) is 7.11 Å². The minimum atomic E-state index is -0.232. The van der Waals surface area contributed by atoms with E-state index in [1.165, 1.54) is 7.11 Å². The number of carbonyl (C=O) groups is 1. The van der Waals surface area contributed by atoms with E-state index in [4.69, 9.17) is 0 Å². The first-order valence-corrected chi connectivity index (χ1v) is 3.38. The number of esters is 1. The highest BCUT2D eigenvalue weighted by Gasteiger charge is 2.10. The van der Waals surface area contributed by atoms with Gasteiger partial charge in [-0.15, -0.1) is 0 Å². The van der Waals surface area contributed by atoms with Gasteiger partial charge < -0.3 is 10.1 Å². The van der Waals surface area contributed by atoms with E-state index in [-0.39, 0.29) is 12.0 Å². The second-order valence-corrected chi connectivity index (χ2v) is 2.02. The average molecular weight is 144 g/mol. The van der Waals surface area contributed by atoms with Crippen LogP contribution in [0.3, 0.4) is 0 Å². The van der Waals surface area contributed by atoms with E-state index in [0.29, 0.717) is 0 Å². The second-order valence-electron chi connectivity index (χ2n) is 2.02. The zero-order valence-corrected chi connectivity index (χ0v) is 6.68. The summed E-state index contributed by atoms with van der Waals surface area (Å²) in [6.07, 6.45) is 0.904. The molecule has 0 bridgehead atoms. The first-order valence-electron chi connectivity index (χ1n) is 3.38. The van der Waals surface area contributed by atoms with Gasteiger partial charge in [0.1, 0.15) is 6.04 Å². The lowest BCUT2D eigenvalue weighted by Crippen LogP contribution is -2.32. The average Bonchev–Trinajstić information content (AvgIpc) is 1.98. The number of hydrogen-bond donors (Lipinski definition) is 1. The van der Waals surface area contributed by atoms with Crippen molar-refractivity contribution < 1.29 is 9.53 Å². The normalized spacial score (nSPS) is 12.7. The van der Waals surface area contributed by atoms with Crippen LogP contribution in [0.2, 0.25) is 0 Å². The van der Waals surface area contributed by atoms with Crippen LogP contribution < -0.4 is 5.32 Å². The van der Waals surface area contributed by atoms with Gasteiger partial charge >= 0.3 is 5.97 Å². The van der Waals surface area contributed by atoms with Crippen molar-refractivity contribution in [1.82, 2.24) is 5.32 Å². The summed E-state index contributed by atoms with van der Waals surface area (Å²) in [7, 11) is 1.38. The Hall–Kier alpha value is -0.570. The van der Waals surface area contributed by atoms with Gasteiger partial charge in [0, 0.05) is 6.54 Å². The topological polar surface area (TPSA) is 38.3 Å². The first-order chi connectivity index (χ1) is 4.72. The highest BCUT2D eigenvalue weighted by Crippen LogP contribution is 1.88. The highest BCUT2D eigenvalue weighted by molar-refractivity contribution is 5.75. The Labute approximate surface area is 61.8 Å². The molecule has 59 valence electrons. The Balaban J connectivity index is 3.41. The first kappa shape index (κ1) is 9.43. The van der Waals surface area contributed by atoms with Crippen LogP contribution in [-0.4, -0.2) is 19.1 Å². The third-order valence-corrected chi connectivity index (χ3v) is 1.13. The largest absolute Gasteiger partial charge is 0.468 e. The highest BCUT2D eigenvalue weighted by atomic mass is 16.5. The Morgan fingerprint density at radius 2 is 2.40 bits per heavy atom. The zero-order chi connectivity index (χ0) is 7.98. The third kappa shape index (κ3) is 3.45. The van der Waals surface area contributed by atoms with Crippen LogP contribution >= 0.6 is 0 Å². The van der Waals surface area contributed by atoms with Crippen LogP contribution in [-0.2, 0) is 9.53 Å². The number of nitrogens with one attached hydrogen (secondary N) is 1. The molecular formula is C7H14NO2. The standard InChI is InChI=1S/C7H14NO2/c1-4-5-8-6(2)7(9)10-3/h5-6,8H,4H2,1-3H3. The maximum Gasteiger partial charge on any atom is 0.322 e. The minimum absolute atomic E-state index is 0.232. The van der Waals surface area contributed by atoms with Gasteiger partial charge in [-0.25, -0.2) is 0 Å². The molecule has 1 radical (unpaired) electrons. The van der Waals surface area contributed by atoms with Crippen molar-refractivity contribution >= 4 is 5.97 Å². The van der Waals surface area contributed by atoms with Crippen LogP contribution in [0.15, 0.2) is 0 Å². The molecule has 0 aliphatic heterocycles. The quantitative estimate of drug-likeness (QED) is 0.590. The summed E-state index contributed by atoms with van der Waals surface area (Å²) in [6, 6.07) is -0.232. The fourth-order valence-corrected chi connectivity index (χ4v) is 0.539. The van der Waals surface area contributed by atoms with Crippen molar-refractivity contribution in [2.75, 3.05) is 7.11 Å². The number of methoxy groups -OCH3 is 1. The molecule has 0 amide bonds. The van der Waals surface area contributed by atoms with E-state index in [9.17, 15) is 4.79 Å². The fourth-order valence-electron chi connectivity index (χ4n) is 0.539. The number of hydrogen-bond acceptors (Lipinski definition) is 3. The molecule has 0 aliphatic carbocycles. The van der Waals surface area contributed by atoms with Gasteiger partial charge in [0.15, 0.2) is 0 Å². The summed E-state index contributed by atoms with van der Waals surface area (Å²) in [5, 5.41) is 2.88. The zero-order valence-electron chi connectivity index (χ0n) is 6.68. The third-order valence-electron chi connectivity index (χ3n) is 1.13. The Morgan fingerprint density at radius 1 is 1.80 bits per heavy atom. The molecule has 0 aromatic carbocycles. The molecule has 0 aromatic rings. The molecule has 0 rings (SSSR count). The monoisotopic (exact) mass is 144 g/mol. The van der Waals surface area contributed by atoms with E-state index in [1.54, 1.807) is 6.92 Å². The van der Waals surface area contributed by atoms with Gasteiger partial charge in [-0.05, 0) is 13.3 Å². The SMILES string of the molecule is CC[CH]NC(C)C(=O)OC. The van der Waals surface area contributed by atoms with Crippen molar-refractivity contribution in [3.05, 3.63) is 6.54 Å². The predicted octanol–water partition coefficient (Wildman–Crippen LogP) is 0.709. The number of ether oxygens (including phenoxy) is 1. The maximum absolute atomic E-state index is 10.7. The summed E-state index contributed by atoms with van der Waals surface area (Å²) < 4.78 is 4.49. The van der Waals surface area contributed by atoms with Gasteiger partial charge in [-0.2, -0.15) is 0 Å². The molecule has 0 heterocycles. The van der Waals surface area contributed by atoms with Crippen molar-refractivity contribution in [3.8, 4) is 0 Å². The smallest absolute Gasteiger partial charge is 0.322 e. The summed E-state index contributed by atoms with van der Waals surface area (Å²) in [5.74, 6) is -0.232. The van der Waals surface area contributed by atoms with E-state index in [0.717, 1.165) is 6.42 Å². The van der Waals surface area contributed by atoms with Gasteiger partial charge in [-0.1, -0.05) is 6.92 Å². The van der Waals surface area contributed by atoms with Gasteiger partial charge in [-0.3, -0.25) is 4.79 Å². The Kier molecular flexibility index (Phi) is 4.94. The molecule has 3 heteroatoms. The number of carbonyl (C=O) groups excluding carboxylic acids is 1. The van der Waals surface area contributed by atoms with Crippen LogP contribution in [0.25, 0.3) is 0 Å². The minimum Gasteiger partial charge on any atom is -0.468 e. The second kappa shape index (κ2) is 5.23. The van der Waals surface area contributed by atoms with Crippen molar-refractivity contribution in [2.24, 2.45) is 0 Å². The van der Waals surface area contributed by atoms with Crippen molar-refractivity contribution in [2.45, 2.75) is 26.3 Å². The molecule has 0 aromatic heterocycles. The molecule has 3 nitrogen and oxygen atoms in total. The van der Waals surface area contributed by atoms with E-state index >= 15 is 0 Å². The summed E-state index contributed by atoms with van der Waals surface area (Å²) in [4.78, 5) is 10.7. The van der Waals surface area contributed by atoms with Crippen molar-refractivity contribution in [1.29, 1.82) is 0 Å². The molecule has 1 unspecified atom stereocenters. The molecule has 0 saturated carbocycles. The lowest BCUT2D eigenvalue weighted by Gasteiger charge is -2.08. The maximum atomic E-state index is 10.7. The van der Waals surface area contributed by atoms with Gasteiger partial charge in [0.2, 0.25) is 0 Å². The fraction of sp³-hybridized carbons (Fsp3) is 0.714. The summed E-state index contributed by atoms with van der Waals surface area (Å²) in [6.45, 7) is 5.59. The van der Waals surface area contributed by atoms with Crippen LogP contribution in [0.1, 0.15) is 20.3 Å². The molecule has 1 N–H and O–H groups in total. The molecule has 1 atom stereocenters. The van der Waals surface area contributed by atoms with E-state index in [1.807, 2.05) is 13.5 Å². The number of rotatable bonds is 4. The van der Waals surface area contributed by atoms with Crippen LogP contribution in [0, 0.1) is 6.54 Å². The molecule has 0 aliphatic rings.